The molecule has 28 heavy (non-hydrogen) atoms. The number of methoxy groups -OCH3 is 1. The summed E-state index contributed by atoms with van der Waals surface area (Å²) in [6.45, 7) is 6.39. The first-order valence-electron chi connectivity index (χ1n) is 9.68. The number of rotatable bonds is 7. The van der Waals surface area contributed by atoms with Crippen molar-refractivity contribution >= 4 is 23.6 Å². The summed E-state index contributed by atoms with van der Waals surface area (Å²) in [5.41, 5.74) is 3.04. The summed E-state index contributed by atoms with van der Waals surface area (Å²) in [5, 5.41) is 0.771. The molecule has 1 aliphatic heterocycles. The summed E-state index contributed by atoms with van der Waals surface area (Å²) in [5.74, 6) is -0.284. The Morgan fingerprint density at radius 3 is 2.29 bits per heavy atom. The van der Waals surface area contributed by atoms with E-state index in [4.69, 9.17) is 16.3 Å². The third-order valence-electron chi connectivity index (χ3n) is 5.10. The predicted octanol–water partition coefficient (Wildman–Crippen LogP) is 4.00. The zero-order valence-corrected chi connectivity index (χ0v) is 17.1. The van der Waals surface area contributed by atoms with Gasteiger partial charge in [0.15, 0.2) is 0 Å². The number of benzene rings is 2. The van der Waals surface area contributed by atoms with Crippen molar-refractivity contribution in [2.75, 3.05) is 46.4 Å². The average Bonchev–Trinajstić information content (AvgIpc) is 2.74. The molecular weight excluding hydrogens is 372 g/mol. The molecule has 1 heterocycles. The molecular formula is C23H27ClN2O2. The third-order valence-corrected chi connectivity index (χ3v) is 5.35. The van der Waals surface area contributed by atoms with Crippen LogP contribution in [-0.4, -0.2) is 62.1 Å². The lowest BCUT2D eigenvalue weighted by Gasteiger charge is -2.34. The van der Waals surface area contributed by atoms with Crippen molar-refractivity contribution in [1.82, 2.24) is 9.80 Å². The molecule has 1 fully saturated rings. The summed E-state index contributed by atoms with van der Waals surface area (Å²) in [6.07, 6.45) is 5.38. The quantitative estimate of drug-likeness (QED) is 0.660. The number of hydrogen-bond donors (Lipinski definition) is 0. The van der Waals surface area contributed by atoms with Crippen LogP contribution in [0.25, 0.3) is 6.08 Å². The fourth-order valence-corrected chi connectivity index (χ4v) is 3.45. The van der Waals surface area contributed by atoms with Gasteiger partial charge in [0.1, 0.15) is 0 Å². The zero-order valence-electron chi connectivity index (χ0n) is 16.3. The number of esters is 1. The van der Waals surface area contributed by atoms with Crippen molar-refractivity contribution in [3.63, 3.8) is 0 Å². The van der Waals surface area contributed by atoms with Crippen LogP contribution >= 0.6 is 11.6 Å². The number of hydrogen-bond acceptors (Lipinski definition) is 4. The molecule has 0 atom stereocenters. The molecule has 0 N–H and O–H groups in total. The number of halogens is 1. The van der Waals surface area contributed by atoms with E-state index in [1.807, 2.05) is 48.5 Å². The van der Waals surface area contributed by atoms with Gasteiger partial charge in [-0.05, 0) is 41.8 Å². The van der Waals surface area contributed by atoms with Crippen molar-refractivity contribution in [1.29, 1.82) is 0 Å². The highest BCUT2D eigenvalue weighted by Crippen LogP contribution is 2.11. The minimum absolute atomic E-state index is 0.284. The normalized spacial score (nSPS) is 15.8. The van der Waals surface area contributed by atoms with Crippen LogP contribution in [0.4, 0.5) is 0 Å². The Hall–Kier alpha value is -2.14. The molecule has 1 saturated heterocycles. The van der Waals surface area contributed by atoms with Crippen molar-refractivity contribution in [2.24, 2.45) is 0 Å². The molecule has 5 heteroatoms. The summed E-state index contributed by atoms with van der Waals surface area (Å²) in [6, 6.07) is 15.6. The Balaban J connectivity index is 1.37. The van der Waals surface area contributed by atoms with Gasteiger partial charge in [-0.25, -0.2) is 4.79 Å². The minimum atomic E-state index is -0.284. The molecule has 3 rings (SSSR count). The van der Waals surface area contributed by atoms with Crippen LogP contribution in [-0.2, 0) is 11.2 Å². The summed E-state index contributed by atoms with van der Waals surface area (Å²) in [7, 11) is 1.41. The number of carbonyl (C=O) groups is 1. The summed E-state index contributed by atoms with van der Waals surface area (Å²) < 4.78 is 4.74. The molecule has 0 radical (unpaired) electrons. The lowest BCUT2D eigenvalue weighted by molar-refractivity contribution is 0.0600. The molecule has 1 aliphatic rings. The van der Waals surface area contributed by atoms with E-state index in [9.17, 15) is 4.79 Å². The highest BCUT2D eigenvalue weighted by molar-refractivity contribution is 6.30. The summed E-state index contributed by atoms with van der Waals surface area (Å²) >= 11 is 5.92. The van der Waals surface area contributed by atoms with Crippen LogP contribution < -0.4 is 0 Å². The van der Waals surface area contributed by atoms with Crippen LogP contribution in [0.2, 0.25) is 5.02 Å². The lowest BCUT2D eigenvalue weighted by atomic mass is 10.1. The second kappa shape index (κ2) is 10.4. The molecule has 0 amide bonds. The number of carbonyl (C=O) groups excluding carboxylic acids is 1. The second-order valence-corrected chi connectivity index (χ2v) is 7.47. The van der Waals surface area contributed by atoms with Gasteiger partial charge in [0.05, 0.1) is 12.7 Å². The monoisotopic (exact) mass is 398 g/mol. The van der Waals surface area contributed by atoms with Crippen LogP contribution in [0.1, 0.15) is 21.5 Å². The van der Waals surface area contributed by atoms with Gasteiger partial charge in [-0.1, -0.05) is 48.0 Å². The van der Waals surface area contributed by atoms with Gasteiger partial charge in [-0.3, -0.25) is 4.90 Å². The second-order valence-electron chi connectivity index (χ2n) is 7.03. The Morgan fingerprint density at radius 1 is 1.00 bits per heavy atom. The Kier molecular flexibility index (Phi) is 7.66. The molecule has 0 unspecified atom stereocenters. The van der Waals surface area contributed by atoms with Gasteiger partial charge < -0.3 is 9.64 Å². The smallest absolute Gasteiger partial charge is 0.337 e. The highest BCUT2D eigenvalue weighted by Gasteiger charge is 2.15. The standard InChI is InChI=1S/C23H27ClN2O2/c1-28-23(27)21-8-4-20(5-9-21)12-14-26-17-15-25(16-18-26)13-2-3-19-6-10-22(24)11-7-19/h2-11H,12-18H2,1H3. The van der Waals surface area contributed by atoms with E-state index in [0.717, 1.165) is 50.7 Å². The van der Waals surface area contributed by atoms with Crippen molar-refractivity contribution in [2.45, 2.75) is 6.42 Å². The van der Waals surface area contributed by atoms with Crippen LogP contribution in [0.15, 0.2) is 54.6 Å². The maximum atomic E-state index is 11.5. The van der Waals surface area contributed by atoms with Crippen LogP contribution in [0, 0.1) is 0 Å². The van der Waals surface area contributed by atoms with E-state index in [-0.39, 0.29) is 5.97 Å². The van der Waals surface area contributed by atoms with Gasteiger partial charge >= 0.3 is 5.97 Å². The van der Waals surface area contributed by atoms with Crippen molar-refractivity contribution in [3.05, 3.63) is 76.3 Å². The maximum Gasteiger partial charge on any atom is 0.337 e. The Bertz CT molecular complexity index is 779. The number of piperazine rings is 1. The SMILES string of the molecule is COC(=O)c1ccc(CCN2CCN(CC=Cc3ccc(Cl)cc3)CC2)cc1. The maximum absolute atomic E-state index is 11.5. The molecule has 4 nitrogen and oxygen atoms in total. The van der Waals surface area contributed by atoms with E-state index < -0.39 is 0 Å². The van der Waals surface area contributed by atoms with Gasteiger partial charge in [0.25, 0.3) is 0 Å². The molecule has 148 valence electrons. The van der Waals surface area contributed by atoms with E-state index >= 15 is 0 Å². The molecule has 2 aromatic rings. The minimum Gasteiger partial charge on any atom is -0.465 e. The average molecular weight is 399 g/mol. The van der Waals surface area contributed by atoms with Gasteiger partial charge in [-0.2, -0.15) is 0 Å². The molecule has 0 aromatic heterocycles. The fraction of sp³-hybridized carbons (Fsp3) is 0.348. The van der Waals surface area contributed by atoms with E-state index in [0.29, 0.717) is 5.56 Å². The first-order chi connectivity index (χ1) is 13.6. The van der Waals surface area contributed by atoms with Crippen LogP contribution in [0.5, 0.6) is 0 Å². The van der Waals surface area contributed by atoms with Gasteiger partial charge in [0.2, 0.25) is 0 Å². The molecule has 0 aliphatic carbocycles. The Labute approximate surface area is 172 Å². The van der Waals surface area contributed by atoms with E-state index in [1.54, 1.807) is 0 Å². The predicted molar refractivity (Wildman–Crippen MR) is 115 cm³/mol. The first-order valence-corrected chi connectivity index (χ1v) is 10.1. The van der Waals surface area contributed by atoms with Gasteiger partial charge in [0, 0.05) is 44.3 Å². The topological polar surface area (TPSA) is 32.8 Å². The third kappa shape index (κ3) is 6.20. The molecule has 0 bridgehead atoms. The highest BCUT2D eigenvalue weighted by atomic mass is 35.5. The number of ether oxygens (including phenoxy) is 1. The van der Waals surface area contributed by atoms with Crippen LogP contribution in [0.3, 0.4) is 0 Å². The van der Waals surface area contributed by atoms with Crippen molar-refractivity contribution in [3.8, 4) is 0 Å². The van der Waals surface area contributed by atoms with E-state index in [2.05, 4.69) is 22.0 Å². The fourth-order valence-electron chi connectivity index (χ4n) is 3.32. The first kappa shape index (κ1) is 20.6. The molecule has 0 spiro atoms. The van der Waals surface area contributed by atoms with E-state index in [1.165, 1.54) is 18.2 Å². The largest absolute Gasteiger partial charge is 0.465 e. The Morgan fingerprint density at radius 2 is 1.64 bits per heavy atom. The zero-order chi connectivity index (χ0) is 19.8. The van der Waals surface area contributed by atoms with Crippen molar-refractivity contribution < 1.29 is 9.53 Å². The summed E-state index contributed by atoms with van der Waals surface area (Å²) in [4.78, 5) is 16.5. The lowest BCUT2D eigenvalue weighted by Crippen LogP contribution is -2.46. The number of nitrogens with zero attached hydrogens (tertiary/aromatic N) is 2. The van der Waals surface area contributed by atoms with Gasteiger partial charge in [-0.15, -0.1) is 0 Å². The molecule has 2 aromatic carbocycles. The molecule has 0 saturated carbocycles.